The predicted molar refractivity (Wildman–Crippen MR) is 64.3 cm³/mol. The van der Waals surface area contributed by atoms with E-state index >= 15 is 0 Å². The molecule has 94 valence electrons. The first-order valence-corrected chi connectivity index (χ1v) is 6.72. The minimum Gasteiger partial charge on any atom is -0.480 e. The van der Waals surface area contributed by atoms with Gasteiger partial charge in [-0.05, 0) is 30.7 Å². The van der Waals surface area contributed by atoms with Crippen LogP contribution in [0.15, 0.2) is 29.2 Å². The number of sulfonamides is 1. The van der Waals surface area contributed by atoms with Gasteiger partial charge in [0.25, 0.3) is 0 Å². The smallest absolute Gasteiger partial charge is 0.322 e. The van der Waals surface area contributed by atoms with Gasteiger partial charge in [-0.15, -0.1) is 6.42 Å². The average Bonchev–Trinajstić information content (AvgIpc) is 2.26. The van der Waals surface area contributed by atoms with Crippen LogP contribution < -0.4 is 0 Å². The third-order valence-corrected chi connectivity index (χ3v) is 4.81. The van der Waals surface area contributed by atoms with Gasteiger partial charge in [0.2, 0.25) is 10.0 Å². The van der Waals surface area contributed by atoms with Crippen molar-refractivity contribution in [1.82, 2.24) is 4.31 Å². The summed E-state index contributed by atoms with van der Waals surface area (Å²) in [5, 5.41) is 8.86. The maximum absolute atomic E-state index is 12.1. The molecule has 1 aromatic rings. The van der Waals surface area contributed by atoms with Crippen molar-refractivity contribution in [2.45, 2.75) is 17.4 Å². The number of benzene rings is 1. The molecule has 0 bridgehead atoms. The van der Waals surface area contributed by atoms with E-state index in [2.05, 4.69) is 5.92 Å². The summed E-state index contributed by atoms with van der Waals surface area (Å²) in [4.78, 5) is 10.9. The average molecular weight is 265 g/mol. The molecule has 0 radical (unpaired) electrons. The lowest BCUT2D eigenvalue weighted by Crippen LogP contribution is -2.54. The molecule has 1 aliphatic heterocycles. The molecule has 0 saturated carbocycles. The molecule has 6 heteroatoms. The Kier molecular flexibility index (Phi) is 3.11. The highest BCUT2D eigenvalue weighted by Crippen LogP contribution is 2.27. The molecule has 1 N–H and O–H groups in total. The maximum atomic E-state index is 12.1. The molecular formula is C12H11NO4S. The van der Waals surface area contributed by atoms with Crippen molar-refractivity contribution < 1.29 is 18.3 Å². The van der Waals surface area contributed by atoms with Crippen LogP contribution in [0.5, 0.6) is 0 Å². The highest BCUT2D eigenvalue weighted by molar-refractivity contribution is 7.89. The largest absolute Gasteiger partial charge is 0.480 e. The lowest BCUT2D eigenvalue weighted by molar-refractivity contribution is -0.144. The summed E-state index contributed by atoms with van der Waals surface area (Å²) in [6.45, 7) is 0.232. The molecule has 1 fully saturated rings. The minimum absolute atomic E-state index is 0.0625. The fourth-order valence-corrected chi connectivity index (χ4v) is 3.38. The van der Waals surface area contributed by atoms with E-state index in [0.717, 1.165) is 4.31 Å². The Morgan fingerprint density at radius 3 is 2.39 bits per heavy atom. The van der Waals surface area contributed by atoms with Crippen molar-refractivity contribution in [1.29, 1.82) is 0 Å². The molecule has 1 atom stereocenters. The standard InChI is InChI=1S/C12H11NO4S/c1-2-9-3-5-10(6-4-9)18(16,17)13-8-7-11(13)12(14)15/h1,3-6,11H,7-8H2,(H,14,15). The number of carboxylic acids is 1. The van der Waals surface area contributed by atoms with Gasteiger partial charge in [0, 0.05) is 12.1 Å². The van der Waals surface area contributed by atoms with Gasteiger partial charge in [-0.1, -0.05) is 5.92 Å². The van der Waals surface area contributed by atoms with E-state index in [1.807, 2.05) is 0 Å². The minimum atomic E-state index is -3.74. The van der Waals surface area contributed by atoms with E-state index in [1.54, 1.807) is 0 Å². The molecule has 18 heavy (non-hydrogen) atoms. The lowest BCUT2D eigenvalue weighted by atomic mass is 10.1. The molecular weight excluding hydrogens is 254 g/mol. The van der Waals surface area contributed by atoms with Gasteiger partial charge in [0.05, 0.1) is 4.90 Å². The van der Waals surface area contributed by atoms with E-state index < -0.39 is 22.0 Å². The van der Waals surface area contributed by atoms with E-state index in [0.29, 0.717) is 12.0 Å². The molecule has 5 nitrogen and oxygen atoms in total. The third kappa shape index (κ3) is 1.98. The summed E-state index contributed by atoms with van der Waals surface area (Å²) < 4.78 is 25.3. The topological polar surface area (TPSA) is 74.7 Å². The highest BCUT2D eigenvalue weighted by atomic mass is 32.2. The molecule has 1 unspecified atom stereocenters. The first-order chi connectivity index (χ1) is 8.46. The number of terminal acetylenes is 1. The molecule has 1 heterocycles. The van der Waals surface area contributed by atoms with E-state index in [1.165, 1.54) is 24.3 Å². The van der Waals surface area contributed by atoms with Crippen molar-refractivity contribution in [2.75, 3.05) is 6.54 Å². The highest BCUT2D eigenvalue weighted by Gasteiger charge is 2.42. The monoisotopic (exact) mass is 265 g/mol. The van der Waals surface area contributed by atoms with Crippen molar-refractivity contribution in [3.63, 3.8) is 0 Å². The van der Waals surface area contributed by atoms with Gasteiger partial charge in [-0.2, -0.15) is 4.31 Å². The molecule has 0 spiro atoms. The summed E-state index contributed by atoms with van der Waals surface area (Å²) in [5.41, 5.74) is 0.576. The molecule has 1 aromatic carbocycles. The van der Waals surface area contributed by atoms with Gasteiger partial charge in [-0.3, -0.25) is 4.79 Å². The van der Waals surface area contributed by atoms with Crippen LogP contribution in [0.3, 0.4) is 0 Å². The molecule has 1 saturated heterocycles. The van der Waals surface area contributed by atoms with Crippen LogP contribution in [0.25, 0.3) is 0 Å². The zero-order valence-electron chi connectivity index (χ0n) is 9.41. The van der Waals surface area contributed by atoms with Crippen molar-refractivity contribution in [3.05, 3.63) is 29.8 Å². The summed E-state index contributed by atoms with van der Waals surface area (Å²) in [6.07, 6.45) is 5.52. The Hall–Kier alpha value is -1.84. The van der Waals surface area contributed by atoms with E-state index in [-0.39, 0.29) is 11.4 Å². The number of carbonyl (C=O) groups is 1. The zero-order valence-corrected chi connectivity index (χ0v) is 10.2. The van der Waals surface area contributed by atoms with Crippen LogP contribution in [0, 0.1) is 12.3 Å². The van der Waals surface area contributed by atoms with Crippen LogP contribution in [0.1, 0.15) is 12.0 Å². The fourth-order valence-electron chi connectivity index (χ4n) is 1.76. The van der Waals surface area contributed by atoms with Crippen molar-refractivity contribution >= 4 is 16.0 Å². The number of hydrogen-bond acceptors (Lipinski definition) is 3. The van der Waals surface area contributed by atoms with Crippen LogP contribution in [0.2, 0.25) is 0 Å². The summed E-state index contributed by atoms with van der Waals surface area (Å²) in [7, 11) is -3.74. The number of nitrogens with zero attached hydrogens (tertiary/aromatic N) is 1. The molecule has 0 aliphatic carbocycles. The Balaban J connectivity index is 2.31. The number of hydrogen-bond donors (Lipinski definition) is 1. The first kappa shape index (κ1) is 12.6. The Morgan fingerprint density at radius 2 is 2.00 bits per heavy atom. The van der Waals surface area contributed by atoms with Crippen LogP contribution in [0.4, 0.5) is 0 Å². The number of aliphatic carboxylic acids is 1. The number of carboxylic acid groups (broad SMARTS) is 1. The summed E-state index contributed by atoms with van der Waals surface area (Å²) >= 11 is 0. The molecule has 0 amide bonds. The van der Waals surface area contributed by atoms with Crippen molar-refractivity contribution in [2.24, 2.45) is 0 Å². The van der Waals surface area contributed by atoms with Crippen LogP contribution in [-0.4, -0.2) is 36.4 Å². The van der Waals surface area contributed by atoms with Gasteiger partial charge >= 0.3 is 5.97 Å². The van der Waals surface area contributed by atoms with Crippen molar-refractivity contribution in [3.8, 4) is 12.3 Å². The fraction of sp³-hybridized carbons (Fsp3) is 0.250. The second kappa shape index (κ2) is 4.44. The lowest BCUT2D eigenvalue weighted by Gasteiger charge is -2.36. The predicted octanol–water partition coefficient (Wildman–Crippen LogP) is 0.515. The molecule has 1 aliphatic rings. The second-order valence-corrected chi connectivity index (χ2v) is 5.82. The Bertz CT molecular complexity index is 612. The molecule has 2 rings (SSSR count). The van der Waals surface area contributed by atoms with Crippen LogP contribution in [-0.2, 0) is 14.8 Å². The second-order valence-electron chi connectivity index (χ2n) is 3.93. The van der Waals surface area contributed by atoms with E-state index in [4.69, 9.17) is 11.5 Å². The van der Waals surface area contributed by atoms with Gasteiger partial charge in [-0.25, -0.2) is 8.42 Å². The molecule has 0 aromatic heterocycles. The first-order valence-electron chi connectivity index (χ1n) is 5.28. The quantitative estimate of drug-likeness (QED) is 0.808. The summed E-state index contributed by atoms with van der Waals surface area (Å²) in [5.74, 6) is 1.27. The zero-order chi connectivity index (χ0) is 13.3. The SMILES string of the molecule is C#Cc1ccc(S(=O)(=O)N2CCC2C(=O)O)cc1. The maximum Gasteiger partial charge on any atom is 0.322 e. The summed E-state index contributed by atoms with van der Waals surface area (Å²) in [6, 6.07) is 4.86. The third-order valence-electron chi connectivity index (χ3n) is 2.88. The number of rotatable bonds is 3. The van der Waals surface area contributed by atoms with Gasteiger partial charge < -0.3 is 5.11 Å². The van der Waals surface area contributed by atoms with Gasteiger partial charge in [0.1, 0.15) is 6.04 Å². The van der Waals surface area contributed by atoms with Crippen LogP contribution >= 0.6 is 0 Å². The Morgan fingerprint density at radius 1 is 1.39 bits per heavy atom. The van der Waals surface area contributed by atoms with Gasteiger partial charge in [0.15, 0.2) is 0 Å². The normalized spacial score (nSPS) is 19.8. The van der Waals surface area contributed by atoms with E-state index in [9.17, 15) is 13.2 Å². The Labute approximate surface area is 105 Å².